The first-order valence-electron chi connectivity index (χ1n) is 5.83. The van der Waals surface area contributed by atoms with Gasteiger partial charge in [0, 0.05) is 11.8 Å². The number of carbonyl (C=O) groups excluding carboxylic acids is 1. The van der Waals surface area contributed by atoms with Crippen LogP contribution in [0.2, 0.25) is 0 Å². The van der Waals surface area contributed by atoms with E-state index in [1.54, 1.807) is 31.2 Å². The van der Waals surface area contributed by atoms with Crippen LogP contribution in [0.1, 0.15) is 16.2 Å². The lowest BCUT2D eigenvalue weighted by Crippen LogP contribution is -2.28. The van der Waals surface area contributed by atoms with E-state index < -0.39 is 0 Å². The summed E-state index contributed by atoms with van der Waals surface area (Å²) in [5.41, 5.74) is 6.82. The largest absolute Gasteiger partial charge is 0.492 e. The van der Waals surface area contributed by atoms with Gasteiger partial charge in [-0.15, -0.1) is 0 Å². The molecular weight excluding hydrogens is 246 g/mol. The minimum absolute atomic E-state index is 0.226. The normalized spacial score (nSPS) is 10.2. The first-order valence-corrected chi connectivity index (χ1v) is 5.83. The predicted octanol–water partition coefficient (Wildman–Crippen LogP) is 1.37. The van der Waals surface area contributed by atoms with Crippen molar-refractivity contribution in [3.8, 4) is 5.75 Å². The van der Waals surface area contributed by atoms with Crippen LogP contribution >= 0.6 is 0 Å². The number of anilines is 1. The molecule has 2 aromatic rings. The van der Waals surface area contributed by atoms with Crippen molar-refractivity contribution in [3.63, 3.8) is 0 Å². The molecular formula is C13H15N3O3. The Morgan fingerprint density at radius 2 is 2.37 bits per heavy atom. The summed E-state index contributed by atoms with van der Waals surface area (Å²) >= 11 is 0. The maximum Gasteiger partial charge on any atom is 0.289 e. The van der Waals surface area contributed by atoms with Gasteiger partial charge in [0.2, 0.25) is 5.76 Å². The molecule has 6 heteroatoms. The lowest BCUT2D eigenvalue weighted by molar-refractivity contribution is 0.0918. The summed E-state index contributed by atoms with van der Waals surface area (Å²) in [5.74, 6) is 0.597. The van der Waals surface area contributed by atoms with Gasteiger partial charge in [-0.05, 0) is 19.1 Å². The first-order chi connectivity index (χ1) is 9.16. The fourth-order valence-electron chi connectivity index (χ4n) is 1.54. The molecule has 3 N–H and O–H groups in total. The third-order valence-electron chi connectivity index (χ3n) is 2.47. The fraction of sp³-hybridized carbons (Fsp3) is 0.231. The molecule has 2 rings (SSSR count). The maximum atomic E-state index is 11.7. The number of benzene rings is 1. The third kappa shape index (κ3) is 3.48. The van der Waals surface area contributed by atoms with Gasteiger partial charge >= 0.3 is 0 Å². The number of amides is 1. The second-order valence-corrected chi connectivity index (χ2v) is 3.94. The number of rotatable bonds is 5. The van der Waals surface area contributed by atoms with Gasteiger partial charge in [-0.3, -0.25) is 4.79 Å². The Kier molecular flexibility index (Phi) is 4.02. The van der Waals surface area contributed by atoms with E-state index in [1.807, 2.05) is 0 Å². The van der Waals surface area contributed by atoms with Crippen molar-refractivity contribution in [1.29, 1.82) is 0 Å². The minimum Gasteiger partial charge on any atom is -0.492 e. The number of aromatic nitrogens is 1. The number of nitrogens with one attached hydrogen (secondary N) is 1. The molecule has 0 bridgehead atoms. The summed E-state index contributed by atoms with van der Waals surface area (Å²) in [5, 5.41) is 2.68. The Balaban J connectivity index is 1.75. The second kappa shape index (κ2) is 5.90. The molecule has 1 aromatic heterocycles. The van der Waals surface area contributed by atoms with Gasteiger partial charge in [0.25, 0.3) is 5.91 Å². The zero-order valence-electron chi connectivity index (χ0n) is 10.6. The number of nitrogens with two attached hydrogens (primary N) is 1. The highest BCUT2D eigenvalue weighted by Gasteiger charge is 2.12. The van der Waals surface area contributed by atoms with E-state index in [4.69, 9.17) is 14.9 Å². The van der Waals surface area contributed by atoms with E-state index in [9.17, 15) is 4.79 Å². The van der Waals surface area contributed by atoms with E-state index in [1.165, 1.54) is 6.39 Å². The molecule has 0 aliphatic rings. The summed E-state index contributed by atoms with van der Waals surface area (Å²) in [4.78, 5) is 15.5. The maximum absolute atomic E-state index is 11.7. The number of nitrogen functional groups attached to an aromatic ring is 1. The van der Waals surface area contributed by atoms with Crippen LogP contribution in [-0.4, -0.2) is 24.0 Å². The summed E-state index contributed by atoms with van der Waals surface area (Å²) in [7, 11) is 0. The van der Waals surface area contributed by atoms with Gasteiger partial charge in [-0.1, -0.05) is 6.07 Å². The van der Waals surface area contributed by atoms with E-state index in [-0.39, 0.29) is 11.7 Å². The monoisotopic (exact) mass is 261 g/mol. The molecule has 19 heavy (non-hydrogen) atoms. The van der Waals surface area contributed by atoms with E-state index >= 15 is 0 Å². The van der Waals surface area contributed by atoms with Crippen LogP contribution in [-0.2, 0) is 0 Å². The Morgan fingerprint density at radius 1 is 1.53 bits per heavy atom. The molecule has 6 nitrogen and oxygen atoms in total. The molecule has 0 atom stereocenters. The molecule has 100 valence electrons. The highest BCUT2D eigenvalue weighted by molar-refractivity contribution is 5.92. The van der Waals surface area contributed by atoms with Crippen molar-refractivity contribution in [2.75, 3.05) is 18.9 Å². The molecule has 1 aromatic carbocycles. The number of aryl methyl sites for hydroxylation is 1. The predicted molar refractivity (Wildman–Crippen MR) is 69.9 cm³/mol. The quantitative estimate of drug-likeness (QED) is 0.626. The van der Waals surface area contributed by atoms with Crippen molar-refractivity contribution in [2.45, 2.75) is 6.92 Å². The van der Waals surface area contributed by atoms with Crippen LogP contribution in [0.15, 0.2) is 35.1 Å². The number of ether oxygens (including phenoxy) is 1. The van der Waals surface area contributed by atoms with Crippen LogP contribution in [0.3, 0.4) is 0 Å². The van der Waals surface area contributed by atoms with E-state index in [2.05, 4.69) is 10.3 Å². The van der Waals surface area contributed by atoms with Gasteiger partial charge in [0.1, 0.15) is 12.4 Å². The Hall–Kier alpha value is -2.50. The van der Waals surface area contributed by atoms with Gasteiger partial charge in [-0.2, -0.15) is 0 Å². The second-order valence-electron chi connectivity index (χ2n) is 3.94. The number of hydrogen-bond acceptors (Lipinski definition) is 5. The average molecular weight is 261 g/mol. The Labute approximate surface area is 110 Å². The molecule has 1 heterocycles. The fourth-order valence-corrected chi connectivity index (χ4v) is 1.54. The first kappa shape index (κ1) is 12.9. The molecule has 0 unspecified atom stereocenters. The average Bonchev–Trinajstić information content (AvgIpc) is 2.81. The lowest BCUT2D eigenvalue weighted by atomic mass is 10.3. The van der Waals surface area contributed by atoms with Crippen molar-refractivity contribution >= 4 is 11.6 Å². The van der Waals surface area contributed by atoms with Crippen LogP contribution in [0.5, 0.6) is 5.75 Å². The molecule has 0 aliphatic carbocycles. The molecule has 0 fully saturated rings. The van der Waals surface area contributed by atoms with Crippen LogP contribution in [0.4, 0.5) is 5.69 Å². The SMILES string of the molecule is Cc1ncoc1C(=O)NCCOc1cccc(N)c1. The van der Waals surface area contributed by atoms with Gasteiger partial charge in [-0.25, -0.2) is 4.98 Å². The third-order valence-corrected chi connectivity index (χ3v) is 2.47. The van der Waals surface area contributed by atoms with Gasteiger partial charge in [0.15, 0.2) is 6.39 Å². The Morgan fingerprint density at radius 3 is 3.05 bits per heavy atom. The lowest BCUT2D eigenvalue weighted by Gasteiger charge is -2.07. The smallest absolute Gasteiger partial charge is 0.289 e. The van der Waals surface area contributed by atoms with Crippen molar-refractivity contribution < 1.29 is 13.9 Å². The van der Waals surface area contributed by atoms with Gasteiger partial charge < -0.3 is 20.2 Å². The number of hydrogen-bond donors (Lipinski definition) is 2. The van der Waals surface area contributed by atoms with Crippen molar-refractivity contribution in [2.24, 2.45) is 0 Å². The zero-order valence-corrected chi connectivity index (χ0v) is 10.6. The molecule has 0 saturated heterocycles. The summed E-state index contributed by atoms with van der Waals surface area (Å²) < 4.78 is 10.4. The van der Waals surface area contributed by atoms with Crippen LogP contribution in [0.25, 0.3) is 0 Å². The summed E-state index contributed by atoms with van der Waals surface area (Å²) in [6, 6.07) is 7.11. The highest BCUT2D eigenvalue weighted by Crippen LogP contribution is 2.13. The molecule has 1 amide bonds. The van der Waals surface area contributed by atoms with Crippen molar-refractivity contribution in [1.82, 2.24) is 10.3 Å². The molecule has 0 radical (unpaired) electrons. The molecule has 0 spiro atoms. The van der Waals surface area contributed by atoms with Gasteiger partial charge in [0.05, 0.1) is 12.2 Å². The van der Waals surface area contributed by atoms with Crippen LogP contribution < -0.4 is 15.8 Å². The van der Waals surface area contributed by atoms with E-state index in [0.29, 0.717) is 30.3 Å². The molecule has 0 aliphatic heterocycles. The topological polar surface area (TPSA) is 90.4 Å². The van der Waals surface area contributed by atoms with Crippen molar-refractivity contribution in [3.05, 3.63) is 42.1 Å². The number of oxazole rings is 1. The summed E-state index contributed by atoms with van der Waals surface area (Å²) in [6.45, 7) is 2.43. The Bertz CT molecular complexity index is 566. The standard InChI is InChI=1S/C13H15N3O3/c1-9-12(19-8-16-9)13(17)15-5-6-18-11-4-2-3-10(14)7-11/h2-4,7-8H,5-6,14H2,1H3,(H,15,17). The number of carbonyl (C=O) groups is 1. The molecule has 0 saturated carbocycles. The minimum atomic E-state index is -0.300. The van der Waals surface area contributed by atoms with E-state index in [0.717, 1.165) is 0 Å². The number of nitrogens with zero attached hydrogens (tertiary/aromatic N) is 1. The summed E-state index contributed by atoms with van der Waals surface area (Å²) in [6.07, 6.45) is 1.24. The zero-order chi connectivity index (χ0) is 13.7. The highest BCUT2D eigenvalue weighted by atomic mass is 16.5. The van der Waals surface area contributed by atoms with Crippen LogP contribution in [0, 0.1) is 6.92 Å².